The van der Waals surface area contributed by atoms with Crippen LogP contribution < -0.4 is 11.1 Å². The number of nitro benzene ring substituents is 1. The van der Waals surface area contributed by atoms with Gasteiger partial charge in [0.2, 0.25) is 0 Å². The Morgan fingerprint density at radius 3 is 2.76 bits per heavy atom. The molecule has 108 valence electrons. The number of hydrogen-bond donors (Lipinski definition) is 2. The van der Waals surface area contributed by atoms with E-state index in [0.29, 0.717) is 5.56 Å². The van der Waals surface area contributed by atoms with Crippen molar-refractivity contribution in [2.24, 2.45) is 10.7 Å². The second-order valence-corrected chi connectivity index (χ2v) is 4.58. The molecule has 0 unspecified atom stereocenters. The number of guanidine groups is 1. The summed E-state index contributed by atoms with van der Waals surface area (Å²) in [5, 5.41) is 13.9. The van der Waals surface area contributed by atoms with E-state index in [9.17, 15) is 10.1 Å². The molecule has 2 rings (SSSR count). The van der Waals surface area contributed by atoms with Crippen LogP contribution in [0.5, 0.6) is 0 Å². The van der Waals surface area contributed by atoms with Gasteiger partial charge in [-0.25, -0.2) is 4.99 Å². The number of benzene rings is 2. The van der Waals surface area contributed by atoms with Crippen molar-refractivity contribution >= 4 is 17.3 Å². The number of rotatable bonds is 4. The van der Waals surface area contributed by atoms with Crippen LogP contribution in [0.4, 0.5) is 11.4 Å². The van der Waals surface area contributed by atoms with Crippen LogP contribution in [0, 0.1) is 17.0 Å². The number of nitrogens with zero attached hydrogens (tertiary/aromatic N) is 2. The highest BCUT2D eigenvalue weighted by molar-refractivity contribution is 5.92. The topological polar surface area (TPSA) is 93.5 Å². The summed E-state index contributed by atoms with van der Waals surface area (Å²) in [4.78, 5) is 14.6. The predicted molar refractivity (Wildman–Crippen MR) is 83.2 cm³/mol. The molecule has 2 aromatic rings. The average molecular weight is 284 g/mol. The summed E-state index contributed by atoms with van der Waals surface area (Å²) in [6, 6.07) is 14.2. The minimum absolute atomic E-state index is 0.0459. The molecule has 3 N–H and O–H groups in total. The Balaban J connectivity index is 2.09. The van der Waals surface area contributed by atoms with Crippen molar-refractivity contribution in [2.75, 3.05) is 5.32 Å². The molecule has 0 aromatic heterocycles. The smallest absolute Gasteiger partial charge is 0.274 e. The lowest BCUT2D eigenvalue weighted by Gasteiger charge is -2.06. The van der Waals surface area contributed by atoms with Crippen molar-refractivity contribution in [2.45, 2.75) is 13.5 Å². The van der Waals surface area contributed by atoms with Crippen LogP contribution in [0.3, 0.4) is 0 Å². The Labute approximate surface area is 122 Å². The van der Waals surface area contributed by atoms with Gasteiger partial charge in [0, 0.05) is 11.8 Å². The normalized spacial score (nSPS) is 11.2. The number of para-hydroxylation sites is 1. The predicted octanol–water partition coefficient (Wildman–Crippen LogP) is 2.83. The highest BCUT2D eigenvalue weighted by Gasteiger charge is 2.11. The molecule has 0 aliphatic carbocycles. The second-order valence-electron chi connectivity index (χ2n) is 4.58. The zero-order chi connectivity index (χ0) is 15.2. The van der Waals surface area contributed by atoms with Crippen LogP contribution in [0.2, 0.25) is 0 Å². The molecule has 0 atom stereocenters. The van der Waals surface area contributed by atoms with Crippen LogP contribution in [0.15, 0.2) is 53.5 Å². The third kappa shape index (κ3) is 4.04. The molecule has 0 radical (unpaired) electrons. The summed E-state index contributed by atoms with van der Waals surface area (Å²) in [5.74, 6) is 0.221. The lowest BCUT2D eigenvalue weighted by molar-refractivity contribution is -0.385. The summed E-state index contributed by atoms with van der Waals surface area (Å²) in [5.41, 5.74) is 8.30. The van der Waals surface area contributed by atoms with Gasteiger partial charge in [-0.15, -0.1) is 0 Å². The van der Waals surface area contributed by atoms with E-state index in [0.717, 1.165) is 11.3 Å². The largest absolute Gasteiger partial charge is 0.370 e. The Kier molecular flexibility index (Phi) is 4.50. The number of nitrogens with two attached hydrogens (primary N) is 1. The maximum Gasteiger partial charge on any atom is 0.274 e. The molecule has 0 saturated heterocycles. The molecular formula is C15H16N4O2. The summed E-state index contributed by atoms with van der Waals surface area (Å²) >= 11 is 0. The van der Waals surface area contributed by atoms with Gasteiger partial charge in [0.15, 0.2) is 5.96 Å². The van der Waals surface area contributed by atoms with E-state index in [1.807, 2.05) is 31.2 Å². The molecule has 0 saturated carbocycles. The number of nitro groups is 1. The molecule has 6 nitrogen and oxygen atoms in total. The monoisotopic (exact) mass is 284 g/mol. The van der Waals surface area contributed by atoms with Crippen LogP contribution >= 0.6 is 0 Å². The van der Waals surface area contributed by atoms with E-state index in [1.165, 1.54) is 6.07 Å². The zero-order valence-corrected chi connectivity index (χ0v) is 11.6. The van der Waals surface area contributed by atoms with E-state index in [-0.39, 0.29) is 18.2 Å². The van der Waals surface area contributed by atoms with Gasteiger partial charge < -0.3 is 11.1 Å². The Hall–Kier alpha value is -2.89. The molecule has 0 aliphatic rings. The first kappa shape index (κ1) is 14.5. The Morgan fingerprint density at radius 2 is 2.05 bits per heavy atom. The fourth-order valence-corrected chi connectivity index (χ4v) is 1.90. The Bertz CT molecular complexity index is 683. The van der Waals surface area contributed by atoms with Gasteiger partial charge in [-0.2, -0.15) is 0 Å². The lowest BCUT2D eigenvalue weighted by atomic mass is 10.2. The summed E-state index contributed by atoms with van der Waals surface area (Å²) < 4.78 is 0. The average Bonchev–Trinajstić information content (AvgIpc) is 2.45. The third-order valence-electron chi connectivity index (χ3n) is 2.90. The van der Waals surface area contributed by atoms with Gasteiger partial charge in [0.05, 0.1) is 17.0 Å². The quantitative estimate of drug-likeness (QED) is 0.390. The van der Waals surface area contributed by atoms with E-state index in [4.69, 9.17) is 5.73 Å². The van der Waals surface area contributed by atoms with Crippen LogP contribution in [-0.2, 0) is 6.54 Å². The molecule has 21 heavy (non-hydrogen) atoms. The minimum atomic E-state index is -0.422. The zero-order valence-electron chi connectivity index (χ0n) is 11.6. The fourth-order valence-electron chi connectivity index (χ4n) is 1.90. The standard InChI is InChI=1S/C15H16N4O2/c1-11-5-4-7-13(9-11)18-15(16)17-10-12-6-2-3-8-14(12)19(20)21/h2-9H,10H2,1H3,(H3,16,17,18). The first-order valence-electron chi connectivity index (χ1n) is 6.42. The van der Waals surface area contributed by atoms with E-state index >= 15 is 0 Å². The van der Waals surface area contributed by atoms with Crippen LogP contribution in [0.1, 0.15) is 11.1 Å². The van der Waals surface area contributed by atoms with Gasteiger partial charge in [0.1, 0.15) is 0 Å². The van der Waals surface area contributed by atoms with Gasteiger partial charge in [0.25, 0.3) is 5.69 Å². The molecule has 0 heterocycles. The van der Waals surface area contributed by atoms with Crippen molar-refractivity contribution in [3.8, 4) is 0 Å². The lowest BCUT2D eigenvalue weighted by Crippen LogP contribution is -2.22. The maximum absolute atomic E-state index is 10.9. The number of hydrogen-bond acceptors (Lipinski definition) is 3. The van der Waals surface area contributed by atoms with Gasteiger partial charge in [-0.05, 0) is 24.6 Å². The van der Waals surface area contributed by atoms with Gasteiger partial charge in [-0.1, -0.05) is 30.3 Å². The van der Waals surface area contributed by atoms with Gasteiger partial charge in [-0.3, -0.25) is 10.1 Å². The van der Waals surface area contributed by atoms with Crippen molar-refractivity contribution in [1.82, 2.24) is 0 Å². The second kappa shape index (κ2) is 6.51. The molecule has 6 heteroatoms. The Morgan fingerprint density at radius 1 is 1.29 bits per heavy atom. The molecule has 0 bridgehead atoms. The molecule has 0 aliphatic heterocycles. The van der Waals surface area contributed by atoms with Crippen molar-refractivity contribution in [1.29, 1.82) is 0 Å². The van der Waals surface area contributed by atoms with Crippen LogP contribution in [0.25, 0.3) is 0 Å². The van der Waals surface area contributed by atoms with Crippen LogP contribution in [-0.4, -0.2) is 10.9 Å². The van der Waals surface area contributed by atoms with Crippen molar-refractivity contribution in [3.05, 3.63) is 69.8 Å². The molecule has 0 fully saturated rings. The van der Waals surface area contributed by atoms with Crippen molar-refractivity contribution in [3.63, 3.8) is 0 Å². The molecule has 0 amide bonds. The highest BCUT2D eigenvalue weighted by Crippen LogP contribution is 2.18. The number of anilines is 1. The van der Waals surface area contributed by atoms with Gasteiger partial charge >= 0.3 is 0 Å². The number of aliphatic imine (C=N–C) groups is 1. The third-order valence-corrected chi connectivity index (χ3v) is 2.90. The number of nitrogens with one attached hydrogen (secondary N) is 1. The van der Waals surface area contributed by atoms with E-state index in [2.05, 4.69) is 10.3 Å². The summed E-state index contributed by atoms with van der Waals surface area (Å²) in [6.45, 7) is 2.13. The first-order chi connectivity index (χ1) is 10.1. The summed E-state index contributed by atoms with van der Waals surface area (Å²) in [7, 11) is 0. The van der Waals surface area contributed by atoms with E-state index < -0.39 is 4.92 Å². The molecule has 0 spiro atoms. The number of aryl methyl sites for hydroxylation is 1. The molecule has 2 aromatic carbocycles. The maximum atomic E-state index is 10.9. The SMILES string of the molecule is Cc1cccc(NC(N)=NCc2ccccc2[N+](=O)[O-])c1. The van der Waals surface area contributed by atoms with E-state index in [1.54, 1.807) is 18.2 Å². The molecular weight excluding hydrogens is 268 g/mol. The highest BCUT2D eigenvalue weighted by atomic mass is 16.6. The van der Waals surface area contributed by atoms with Crippen molar-refractivity contribution < 1.29 is 4.92 Å². The fraction of sp³-hybridized carbons (Fsp3) is 0.133. The summed E-state index contributed by atoms with van der Waals surface area (Å²) in [6.07, 6.45) is 0. The minimum Gasteiger partial charge on any atom is -0.370 e. The first-order valence-corrected chi connectivity index (χ1v) is 6.42.